The molecule has 2 aromatic carbocycles. The number of hydrogen-bond donors (Lipinski definition) is 1. The molecule has 3 aliphatic rings. The molecule has 1 N–H and O–H groups in total. The van der Waals surface area contributed by atoms with E-state index in [4.69, 9.17) is 0 Å². The van der Waals surface area contributed by atoms with Gasteiger partial charge in [-0.05, 0) is 67.0 Å². The number of imide groups is 1. The predicted molar refractivity (Wildman–Crippen MR) is 105 cm³/mol. The number of nitrogens with zero attached hydrogens (tertiary/aromatic N) is 1. The van der Waals surface area contributed by atoms with Gasteiger partial charge in [0.2, 0.25) is 11.8 Å². The Labute approximate surface area is 172 Å². The number of nitrogens with one attached hydrogen (secondary N) is 1. The quantitative estimate of drug-likeness (QED) is 0.784. The molecule has 2 aliphatic carbocycles. The molecule has 3 fully saturated rings. The minimum absolute atomic E-state index is 0.0454. The van der Waals surface area contributed by atoms with Crippen LogP contribution in [0.5, 0.6) is 0 Å². The third-order valence-electron chi connectivity index (χ3n) is 6.65. The van der Waals surface area contributed by atoms with Gasteiger partial charge in [-0.1, -0.05) is 18.2 Å². The number of rotatable bonds is 4. The first-order valence-electron chi connectivity index (χ1n) is 10.0. The number of hydrogen-bond acceptors (Lipinski definition) is 5. The van der Waals surface area contributed by atoms with Crippen molar-refractivity contribution in [1.29, 1.82) is 0 Å². The lowest BCUT2D eigenvalue weighted by atomic mass is 9.81. The van der Waals surface area contributed by atoms with E-state index in [0.29, 0.717) is 23.2 Å². The normalized spacial score (nSPS) is 26.7. The van der Waals surface area contributed by atoms with Gasteiger partial charge in [-0.2, -0.15) is 0 Å². The van der Waals surface area contributed by atoms with E-state index >= 15 is 0 Å². The van der Waals surface area contributed by atoms with Gasteiger partial charge in [0.25, 0.3) is 5.91 Å². The Bertz CT molecular complexity index is 1070. The maximum atomic E-state index is 13.0. The molecule has 5 rings (SSSR count). The van der Waals surface area contributed by atoms with E-state index in [9.17, 15) is 24.3 Å². The summed E-state index contributed by atoms with van der Waals surface area (Å²) in [5, 5.41) is 13.6. The zero-order valence-electron chi connectivity index (χ0n) is 16.0. The molecule has 2 aromatic rings. The highest BCUT2D eigenvalue weighted by molar-refractivity contribution is 6.23. The monoisotopic (exact) mass is 403 g/mol. The van der Waals surface area contributed by atoms with Crippen molar-refractivity contribution in [2.75, 3.05) is 10.2 Å². The maximum Gasteiger partial charge on any atom is 0.255 e. The van der Waals surface area contributed by atoms with Gasteiger partial charge in [0.05, 0.1) is 23.5 Å². The number of carbonyl (C=O) groups is 4. The van der Waals surface area contributed by atoms with Crippen molar-refractivity contribution in [3.8, 4) is 0 Å². The third kappa shape index (κ3) is 2.81. The molecule has 2 bridgehead atoms. The Balaban J connectivity index is 1.39. The molecule has 7 nitrogen and oxygen atoms in total. The zero-order chi connectivity index (χ0) is 21.0. The van der Waals surface area contributed by atoms with Crippen molar-refractivity contribution in [2.45, 2.75) is 19.3 Å². The summed E-state index contributed by atoms with van der Waals surface area (Å²) in [4.78, 5) is 50.9. The van der Waals surface area contributed by atoms with Crippen molar-refractivity contribution in [3.63, 3.8) is 0 Å². The van der Waals surface area contributed by atoms with Crippen LogP contribution in [0, 0.1) is 23.7 Å². The Morgan fingerprint density at radius 3 is 2.20 bits per heavy atom. The van der Waals surface area contributed by atoms with Crippen molar-refractivity contribution in [3.05, 3.63) is 59.7 Å². The average molecular weight is 403 g/mol. The highest BCUT2D eigenvalue weighted by Gasteiger charge is 2.61. The van der Waals surface area contributed by atoms with E-state index in [1.54, 1.807) is 24.3 Å². The fourth-order valence-corrected chi connectivity index (χ4v) is 5.38. The fourth-order valence-electron chi connectivity index (χ4n) is 5.38. The first-order valence-corrected chi connectivity index (χ1v) is 10.0. The first-order chi connectivity index (χ1) is 14.4. The number of amides is 3. The fraction of sp³-hybridized carbons (Fsp3) is 0.304. The number of benzene rings is 2. The van der Waals surface area contributed by atoms with Crippen LogP contribution in [0.15, 0.2) is 48.5 Å². The van der Waals surface area contributed by atoms with Crippen LogP contribution in [-0.2, 0) is 9.59 Å². The molecular weight excluding hydrogens is 384 g/mol. The minimum Gasteiger partial charge on any atom is -0.545 e. The van der Waals surface area contributed by atoms with Gasteiger partial charge < -0.3 is 15.2 Å². The summed E-state index contributed by atoms with van der Waals surface area (Å²) >= 11 is 0. The number of carboxylic acid groups (broad SMARTS) is 1. The van der Waals surface area contributed by atoms with Crippen LogP contribution in [0.1, 0.15) is 40.0 Å². The maximum absolute atomic E-state index is 13.0. The second-order valence-corrected chi connectivity index (χ2v) is 8.27. The number of carbonyl (C=O) groups excluding carboxylic acids is 4. The molecule has 0 spiro atoms. The van der Waals surface area contributed by atoms with Crippen molar-refractivity contribution >= 4 is 35.1 Å². The summed E-state index contributed by atoms with van der Waals surface area (Å²) in [7, 11) is 0. The van der Waals surface area contributed by atoms with Gasteiger partial charge in [-0.3, -0.25) is 19.3 Å². The van der Waals surface area contributed by atoms with Crippen LogP contribution in [0.2, 0.25) is 0 Å². The highest BCUT2D eigenvalue weighted by atomic mass is 16.4. The lowest BCUT2D eigenvalue weighted by Crippen LogP contribution is -2.33. The van der Waals surface area contributed by atoms with Crippen LogP contribution >= 0.6 is 0 Å². The summed E-state index contributed by atoms with van der Waals surface area (Å²) in [6.45, 7) is 0. The Morgan fingerprint density at radius 2 is 1.53 bits per heavy atom. The number of fused-ring (bicyclic) bond motifs is 5. The van der Waals surface area contributed by atoms with E-state index in [2.05, 4.69) is 5.32 Å². The lowest BCUT2D eigenvalue weighted by Gasteiger charge is -2.19. The van der Waals surface area contributed by atoms with Gasteiger partial charge >= 0.3 is 0 Å². The molecule has 1 saturated heterocycles. The number of aromatic carboxylic acids is 1. The second kappa shape index (κ2) is 6.79. The SMILES string of the molecule is O=C([O-])c1cccc(NC(=O)c2cccc(N3C(=O)[C@@H]4[C@@H]5CC[C@@H](C5)[C@@H]4C3=O)c2)c1. The average Bonchev–Trinajstić information content (AvgIpc) is 3.42. The van der Waals surface area contributed by atoms with Crippen molar-refractivity contribution < 1.29 is 24.3 Å². The molecule has 152 valence electrons. The summed E-state index contributed by atoms with van der Waals surface area (Å²) in [6, 6.07) is 12.2. The molecule has 0 radical (unpaired) electrons. The van der Waals surface area contributed by atoms with E-state index in [-0.39, 0.29) is 34.8 Å². The van der Waals surface area contributed by atoms with E-state index in [1.165, 1.54) is 29.2 Å². The van der Waals surface area contributed by atoms with Crippen LogP contribution < -0.4 is 15.3 Å². The largest absolute Gasteiger partial charge is 0.545 e. The van der Waals surface area contributed by atoms with Crippen LogP contribution in [-0.4, -0.2) is 23.7 Å². The molecule has 1 aliphatic heterocycles. The van der Waals surface area contributed by atoms with Gasteiger partial charge in [0.1, 0.15) is 0 Å². The number of anilines is 2. The summed E-state index contributed by atoms with van der Waals surface area (Å²) in [5.74, 6) is -1.96. The zero-order valence-corrected chi connectivity index (χ0v) is 16.0. The second-order valence-electron chi connectivity index (χ2n) is 8.27. The molecule has 0 unspecified atom stereocenters. The van der Waals surface area contributed by atoms with E-state index in [1.807, 2.05) is 0 Å². The molecule has 1 heterocycles. The van der Waals surface area contributed by atoms with Crippen LogP contribution in [0.3, 0.4) is 0 Å². The Morgan fingerprint density at radius 1 is 0.900 bits per heavy atom. The molecule has 4 atom stereocenters. The van der Waals surface area contributed by atoms with Crippen LogP contribution in [0.4, 0.5) is 11.4 Å². The molecule has 7 heteroatoms. The molecule has 0 aromatic heterocycles. The predicted octanol–water partition coefficient (Wildman–Crippen LogP) is 1.84. The highest BCUT2D eigenvalue weighted by Crippen LogP contribution is 2.56. The molecule has 2 saturated carbocycles. The lowest BCUT2D eigenvalue weighted by molar-refractivity contribution is -0.255. The first kappa shape index (κ1) is 18.5. The molecular formula is C23H19N2O5-. The number of carboxylic acids is 1. The smallest absolute Gasteiger partial charge is 0.255 e. The molecule has 3 amide bonds. The minimum atomic E-state index is -1.33. The van der Waals surface area contributed by atoms with Gasteiger partial charge in [-0.25, -0.2) is 0 Å². The van der Waals surface area contributed by atoms with E-state index < -0.39 is 11.9 Å². The van der Waals surface area contributed by atoms with Crippen molar-refractivity contribution in [2.24, 2.45) is 23.7 Å². The van der Waals surface area contributed by atoms with E-state index in [0.717, 1.165) is 19.3 Å². The third-order valence-corrected chi connectivity index (χ3v) is 6.65. The van der Waals surface area contributed by atoms with Gasteiger partial charge in [-0.15, -0.1) is 0 Å². The van der Waals surface area contributed by atoms with Crippen molar-refractivity contribution in [1.82, 2.24) is 0 Å². The summed E-state index contributed by atoms with van der Waals surface area (Å²) in [6.07, 6.45) is 2.98. The van der Waals surface area contributed by atoms with Crippen LogP contribution in [0.25, 0.3) is 0 Å². The summed E-state index contributed by atoms with van der Waals surface area (Å²) < 4.78 is 0. The molecule has 30 heavy (non-hydrogen) atoms. The van der Waals surface area contributed by atoms with Gasteiger partial charge in [0.15, 0.2) is 0 Å². The Hall–Kier alpha value is -3.48. The topological polar surface area (TPSA) is 107 Å². The summed E-state index contributed by atoms with van der Waals surface area (Å²) in [5.41, 5.74) is 0.935. The van der Waals surface area contributed by atoms with Gasteiger partial charge in [0, 0.05) is 11.3 Å². The standard InChI is InChI=1S/C23H20N2O5/c26-20(24-16-5-1-4-15(10-16)23(29)30)14-3-2-6-17(11-14)25-21(27)18-12-7-8-13(9-12)19(18)22(25)28/h1-6,10-13,18-19H,7-9H2,(H,24,26)(H,29,30)/p-1/t12-,13+,18-,19+. The Kier molecular flexibility index (Phi) is 4.20.